The Hall–Kier alpha value is -8.28. The predicted molar refractivity (Wildman–Crippen MR) is 250 cm³/mol. The number of rotatable bonds is 8. The lowest BCUT2D eigenvalue weighted by Crippen LogP contribution is -2.03. The Morgan fingerprint density at radius 2 is 0.705 bits per heavy atom. The molecule has 0 saturated heterocycles. The van der Waals surface area contributed by atoms with Crippen LogP contribution in [0, 0.1) is 0 Å². The molecule has 11 aromatic rings. The van der Waals surface area contributed by atoms with E-state index in [-0.39, 0.29) is 0 Å². The first-order valence-electron chi connectivity index (χ1n) is 20.5. The number of benzene rings is 8. The molecule has 0 N–H and O–H groups in total. The number of aromatic nitrogens is 5. The number of hydrogen-bond acceptors (Lipinski definition) is 4. The minimum absolute atomic E-state index is 0.663. The first-order chi connectivity index (χ1) is 30.2. The fourth-order valence-corrected chi connectivity index (χ4v) is 8.23. The highest BCUT2D eigenvalue weighted by Crippen LogP contribution is 2.38. The smallest absolute Gasteiger partial charge is 0.163 e. The van der Waals surface area contributed by atoms with Gasteiger partial charge in [0.05, 0.1) is 17.1 Å². The Morgan fingerprint density at radius 1 is 0.262 bits per heavy atom. The van der Waals surface area contributed by atoms with E-state index in [9.17, 15) is 0 Å². The standard InChI is InChI=1S/C56H37N5/c1-5-17-38(18-6-1)44-25-15-27-46(35-44)51-37-50(57-54(58-51)47-28-16-26-45(36-47)39-19-7-2-8-20-39)40-31-33-43(34-32-40)55-59-53(42-23-11-4-12-24-42)60-56-49-30-14-13-29-48(49)52(61(55)56)41-21-9-3-10-22-41/h1-37H. The van der Waals surface area contributed by atoms with Crippen LogP contribution in [0.1, 0.15) is 0 Å². The summed E-state index contributed by atoms with van der Waals surface area (Å²) in [6.07, 6.45) is 0. The van der Waals surface area contributed by atoms with Crippen molar-refractivity contribution in [1.29, 1.82) is 0 Å². The molecule has 0 fully saturated rings. The topological polar surface area (TPSA) is 56.0 Å². The third-order valence-corrected chi connectivity index (χ3v) is 11.2. The van der Waals surface area contributed by atoms with E-state index in [1.54, 1.807) is 0 Å². The fraction of sp³-hybridized carbons (Fsp3) is 0. The highest BCUT2D eigenvalue weighted by Gasteiger charge is 2.21. The van der Waals surface area contributed by atoms with Gasteiger partial charge in [0.15, 0.2) is 11.6 Å². The van der Waals surface area contributed by atoms with E-state index in [0.29, 0.717) is 11.6 Å². The maximum Gasteiger partial charge on any atom is 0.163 e. The van der Waals surface area contributed by atoms with Crippen LogP contribution in [0.3, 0.4) is 0 Å². The van der Waals surface area contributed by atoms with E-state index in [2.05, 4.69) is 199 Å². The lowest BCUT2D eigenvalue weighted by atomic mass is 10.00. The zero-order valence-electron chi connectivity index (χ0n) is 33.1. The molecule has 11 rings (SSSR count). The second-order valence-corrected chi connectivity index (χ2v) is 15.1. The van der Waals surface area contributed by atoms with Gasteiger partial charge in [-0.2, -0.15) is 0 Å². The van der Waals surface area contributed by atoms with Crippen LogP contribution in [0.5, 0.6) is 0 Å². The number of nitrogens with zero attached hydrogens (tertiary/aromatic N) is 5. The summed E-state index contributed by atoms with van der Waals surface area (Å²) in [5.41, 5.74) is 14.1. The molecule has 0 spiro atoms. The van der Waals surface area contributed by atoms with E-state index >= 15 is 0 Å². The predicted octanol–water partition coefficient (Wildman–Crippen LogP) is 14.0. The fourth-order valence-electron chi connectivity index (χ4n) is 8.23. The molecule has 0 aliphatic heterocycles. The van der Waals surface area contributed by atoms with Gasteiger partial charge in [0, 0.05) is 38.6 Å². The van der Waals surface area contributed by atoms with Crippen LogP contribution in [0.15, 0.2) is 224 Å². The van der Waals surface area contributed by atoms with Gasteiger partial charge >= 0.3 is 0 Å². The zero-order chi connectivity index (χ0) is 40.5. The van der Waals surface area contributed by atoms with Crippen molar-refractivity contribution in [2.45, 2.75) is 0 Å². The summed E-state index contributed by atoms with van der Waals surface area (Å²) in [5, 5.41) is 2.20. The van der Waals surface area contributed by atoms with Gasteiger partial charge in [-0.25, -0.2) is 19.9 Å². The van der Waals surface area contributed by atoms with Crippen LogP contribution in [0.4, 0.5) is 0 Å². The van der Waals surface area contributed by atoms with Gasteiger partial charge in [-0.1, -0.05) is 206 Å². The number of fused-ring (bicyclic) bond motifs is 3. The molecule has 0 saturated carbocycles. The van der Waals surface area contributed by atoms with Crippen LogP contribution >= 0.6 is 0 Å². The van der Waals surface area contributed by atoms with Gasteiger partial charge in [0.25, 0.3) is 0 Å². The molecule has 0 atom stereocenters. The van der Waals surface area contributed by atoms with Crippen LogP contribution in [0.2, 0.25) is 0 Å². The summed E-state index contributed by atoms with van der Waals surface area (Å²) < 4.78 is 2.22. The molecule has 3 heterocycles. The molecule has 0 unspecified atom stereocenters. The van der Waals surface area contributed by atoms with Crippen molar-refractivity contribution >= 4 is 16.4 Å². The van der Waals surface area contributed by atoms with Crippen LogP contribution in [-0.4, -0.2) is 24.3 Å². The molecule has 0 amide bonds. The minimum Gasteiger partial charge on any atom is -0.277 e. The summed E-state index contributed by atoms with van der Waals surface area (Å²) in [4.78, 5) is 21.1. The average Bonchev–Trinajstić information content (AvgIpc) is 3.69. The first-order valence-corrected chi connectivity index (χ1v) is 20.5. The lowest BCUT2D eigenvalue weighted by molar-refractivity contribution is 1.05. The van der Waals surface area contributed by atoms with Crippen LogP contribution < -0.4 is 0 Å². The second-order valence-electron chi connectivity index (χ2n) is 15.1. The summed E-state index contributed by atoms with van der Waals surface area (Å²) in [6, 6.07) is 77.9. The summed E-state index contributed by atoms with van der Waals surface area (Å²) in [6.45, 7) is 0. The molecule has 61 heavy (non-hydrogen) atoms. The van der Waals surface area contributed by atoms with E-state index < -0.39 is 0 Å². The SMILES string of the molecule is c1ccc(-c2cccc(-c3cc(-c4ccc(-c5nc(-c6ccccc6)nc6c7ccccc7c(-c7ccccc7)n56)cc4)nc(-c4cccc(-c5ccccc5)c4)n3)c2)cc1. The van der Waals surface area contributed by atoms with Crippen molar-refractivity contribution < 1.29 is 0 Å². The summed E-state index contributed by atoms with van der Waals surface area (Å²) >= 11 is 0. The van der Waals surface area contributed by atoms with E-state index in [1.165, 1.54) is 0 Å². The van der Waals surface area contributed by atoms with Gasteiger partial charge in [-0.3, -0.25) is 4.40 Å². The Bertz CT molecular complexity index is 3220. The molecule has 8 aromatic carbocycles. The average molecular weight is 780 g/mol. The van der Waals surface area contributed by atoms with Crippen LogP contribution in [0.25, 0.3) is 107 Å². The van der Waals surface area contributed by atoms with Gasteiger partial charge in [-0.05, 0) is 46.0 Å². The lowest BCUT2D eigenvalue weighted by Gasteiger charge is -2.13. The number of hydrogen-bond donors (Lipinski definition) is 0. The monoisotopic (exact) mass is 779 g/mol. The van der Waals surface area contributed by atoms with Gasteiger partial charge in [0.2, 0.25) is 0 Å². The summed E-state index contributed by atoms with van der Waals surface area (Å²) in [7, 11) is 0. The third kappa shape index (κ3) is 6.84. The maximum absolute atomic E-state index is 5.33. The quantitative estimate of drug-likeness (QED) is 0.154. The van der Waals surface area contributed by atoms with Crippen molar-refractivity contribution in [3.8, 4) is 90.2 Å². The Balaban J connectivity index is 1.08. The highest BCUT2D eigenvalue weighted by atomic mass is 15.1. The Kier molecular flexibility index (Phi) is 9.10. The molecule has 3 aromatic heterocycles. The van der Waals surface area contributed by atoms with E-state index in [4.69, 9.17) is 19.9 Å². The van der Waals surface area contributed by atoms with Gasteiger partial charge in [0.1, 0.15) is 11.5 Å². The first kappa shape index (κ1) is 35.8. The van der Waals surface area contributed by atoms with E-state index in [0.717, 1.165) is 95.0 Å². The van der Waals surface area contributed by atoms with Crippen molar-refractivity contribution in [2.75, 3.05) is 0 Å². The molecule has 0 radical (unpaired) electrons. The Morgan fingerprint density at radius 3 is 1.33 bits per heavy atom. The zero-order valence-corrected chi connectivity index (χ0v) is 33.1. The van der Waals surface area contributed by atoms with E-state index in [1.807, 2.05) is 30.3 Å². The molecule has 286 valence electrons. The largest absolute Gasteiger partial charge is 0.277 e. The van der Waals surface area contributed by atoms with Gasteiger partial charge in [-0.15, -0.1) is 0 Å². The molecule has 5 nitrogen and oxygen atoms in total. The molecule has 0 aliphatic carbocycles. The Labute approximate surface area is 354 Å². The van der Waals surface area contributed by atoms with Crippen molar-refractivity contribution in [3.05, 3.63) is 224 Å². The van der Waals surface area contributed by atoms with Crippen molar-refractivity contribution in [1.82, 2.24) is 24.3 Å². The molecule has 5 heteroatoms. The second kappa shape index (κ2) is 15.5. The molecule has 0 aliphatic rings. The van der Waals surface area contributed by atoms with Gasteiger partial charge < -0.3 is 0 Å². The third-order valence-electron chi connectivity index (χ3n) is 11.2. The van der Waals surface area contributed by atoms with Crippen molar-refractivity contribution in [2.24, 2.45) is 0 Å². The normalized spacial score (nSPS) is 11.3. The molecular formula is C56H37N5. The molecular weight excluding hydrogens is 743 g/mol. The highest BCUT2D eigenvalue weighted by molar-refractivity contribution is 6.06. The maximum atomic E-state index is 5.33. The van der Waals surface area contributed by atoms with Crippen LogP contribution in [-0.2, 0) is 0 Å². The minimum atomic E-state index is 0.663. The summed E-state index contributed by atoms with van der Waals surface area (Å²) in [5.74, 6) is 2.15. The molecule has 0 bridgehead atoms. The van der Waals surface area contributed by atoms with Crippen molar-refractivity contribution in [3.63, 3.8) is 0 Å².